The van der Waals surface area contributed by atoms with Crippen LogP contribution in [0.25, 0.3) is 0 Å². The van der Waals surface area contributed by atoms with Crippen molar-refractivity contribution in [1.29, 1.82) is 0 Å². The molecule has 0 bridgehead atoms. The van der Waals surface area contributed by atoms with Crippen LogP contribution in [0.5, 0.6) is 0 Å². The van der Waals surface area contributed by atoms with Crippen molar-refractivity contribution in [1.82, 2.24) is 5.32 Å². The van der Waals surface area contributed by atoms with Crippen molar-refractivity contribution >= 4 is 0 Å². The summed E-state index contributed by atoms with van der Waals surface area (Å²) in [5, 5.41) is 12.7. The van der Waals surface area contributed by atoms with Crippen LogP contribution in [0.4, 0.5) is 0 Å². The molecule has 2 heteroatoms. The molecule has 2 N–H and O–H groups in total. The van der Waals surface area contributed by atoms with Gasteiger partial charge in [0.1, 0.15) is 0 Å². The van der Waals surface area contributed by atoms with Gasteiger partial charge in [0.25, 0.3) is 0 Å². The minimum absolute atomic E-state index is 0.116. The third-order valence-electron chi connectivity index (χ3n) is 2.25. The van der Waals surface area contributed by atoms with Crippen LogP contribution in [-0.2, 0) is 0 Å². The Bertz CT molecular complexity index is 152. The second kappa shape index (κ2) is 4.63. The standard InChI is InChI=1S/C10H19NO/c1-8(2)5-6-11-7-10(12)9-3-4-9/h9-12H,1,3-7H2,2H3. The lowest BCUT2D eigenvalue weighted by atomic mass is 10.2. The van der Waals surface area contributed by atoms with E-state index in [0.29, 0.717) is 5.92 Å². The first-order valence-corrected chi connectivity index (χ1v) is 4.73. The Balaban J connectivity index is 1.90. The van der Waals surface area contributed by atoms with Gasteiger partial charge < -0.3 is 10.4 Å². The largest absolute Gasteiger partial charge is 0.392 e. The maximum absolute atomic E-state index is 9.47. The van der Waals surface area contributed by atoms with Gasteiger partial charge in [-0.05, 0) is 38.6 Å². The second-order valence-electron chi connectivity index (χ2n) is 3.82. The Morgan fingerprint density at radius 3 is 2.83 bits per heavy atom. The highest BCUT2D eigenvalue weighted by Crippen LogP contribution is 2.32. The van der Waals surface area contributed by atoms with E-state index in [0.717, 1.165) is 19.5 Å². The molecule has 0 aromatic rings. The van der Waals surface area contributed by atoms with E-state index in [1.54, 1.807) is 0 Å². The van der Waals surface area contributed by atoms with E-state index in [9.17, 15) is 5.11 Å². The Hall–Kier alpha value is -0.340. The molecule has 1 rings (SSSR count). The van der Waals surface area contributed by atoms with Gasteiger partial charge in [0.05, 0.1) is 6.10 Å². The first kappa shape index (κ1) is 9.75. The van der Waals surface area contributed by atoms with Crippen LogP contribution in [0.3, 0.4) is 0 Å². The quantitative estimate of drug-likeness (QED) is 0.464. The van der Waals surface area contributed by atoms with Gasteiger partial charge in [-0.2, -0.15) is 0 Å². The van der Waals surface area contributed by atoms with E-state index in [2.05, 4.69) is 11.9 Å². The normalized spacial score (nSPS) is 19.2. The number of rotatable bonds is 6. The van der Waals surface area contributed by atoms with Gasteiger partial charge in [0.15, 0.2) is 0 Å². The van der Waals surface area contributed by atoms with Gasteiger partial charge in [-0.25, -0.2) is 0 Å². The van der Waals surface area contributed by atoms with E-state index in [1.165, 1.54) is 18.4 Å². The second-order valence-corrected chi connectivity index (χ2v) is 3.82. The zero-order chi connectivity index (χ0) is 8.97. The molecule has 1 saturated carbocycles. The fourth-order valence-corrected chi connectivity index (χ4v) is 1.20. The summed E-state index contributed by atoms with van der Waals surface area (Å²) < 4.78 is 0. The maximum atomic E-state index is 9.47. The average Bonchev–Trinajstić information content (AvgIpc) is 2.79. The van der Waals surface area contributed by atoms with E-state index in [1.807, 2.05) is 6.92 Å². The van der Waals surface area contributed by atoms with Crippen molar-refractivity contribution in [3.8, 4) is 0 Å². The summed E-state index contributed by atoms with van der Waals surface area (Å²) in [5.74, 6) is 0.585. The molecule has 70 valence electrons. The lowest BCUT2D eigenvalue weighted by molar-refractivity contribution is 0.149. The molecule has 0 amide bonds. The van der Waals surface area contributed by atoms with E-state index >= 15 is 0 Å². The Morgan fingerprint density at radius 2 is 2.33 bits per heavy atom. The first-order valence-electron chi connectivity index (χ1n) is 4.73. The molecule has 1 aliphatic rings. The highest BCUT2D eigenvalue weighted by Gasteiger charge is 2.28. The molecule has 0 aliphatic heterocycles. The van der Waals surface area contributed by atoms with Crippen molar-refractivity contribution in [2.24, 2.45) is 5.92 Å². The van der Waals surface area contributed by atoms with Crippen LogP contribution in [-0.4, -0.2) is 24.3 Å². The van der Waals surface area contributed by atoms with Crippen molar-refractivity contribution < 1.29 is 5.11 Å². The molecule has 0 spiro atoms. The molecule has 2 nitrogen and oxygen atoms in total. The third kappa shape index (κ3) is 3.88. The van der Waals surface area contributed by atoms with Crippen LogP contribution >= 0.6 is 0 Å². The minimum Gasteiger partial charge on any atom is -0.392 e. The highest BCUT2D eigenvalue weighted by atomic mass is 16.3. The Kier molecular flexibility index (Phi) is 3.76. The fourth-order valence-electron chi connectivity index (χ4n) is 1.20. The van der Waals surface area contributed by atoms with Crippen LogP contribution in [0.2, 0.25) is 0 Å². The number of aliphatic hydroxyl groups is 1. The number of hydrogen-bond donors (Lipinski definition) is 2. The SMILES string of the molecule is C=C(C)CCNCC(O)C1CC1. The van der Waals surface area contributed by atoms with Gasteiger partial charge in [-0.15, -0.1) is 6.58 Å². The number of hydrogen-bond acceptors (Lipinski definition) is 2. The zero-order valence-corrected chi connectivity index (χ0v) is 7.84. The summed E-state index contributed by atoms with van der Waals surface area (Å²) >= 11 is 0. The fraction of sp³-hybridized carbons (Fsp3) is 0.800. The lowest BCUT2D eigenvalue weighted by Crippen LogP contribution is -2.28. The smallest absolute Gasteiger partial charge is 0.0692 e. The average molecular weight is 169 g/mol. The molecule has 0 heterocycles. The molecule has 1 aliphatic carbocycles. The summed E-state index contributed by atoms with van der Waals surface area (Å²) in [6.45, 7) is 7.54. The summed E-state index contributed by atoms with van der Waals surface area (Å²) in [7, 11) is 0. The molecule has 0 saturated heterocycles. The van der Waals surface area contributed by atoms with Crippen molar-refractivity contribution in [3.63, 3.8) is 0 Å². The van der Waals surface area contributed by atoms with Crippen LogP contribution in [0.15, 0.2) is 12.2 Å². The molecule has 12 heavy (non-hydrogen) atoms. The Labute approximate surface area is 74.7 Å². The van der Waals surface area contributed by atoms with Crippen molar-refractivity contribution in [2.45, 2.75) is 32.3 Å². The summed E-state index contributed by atoms with van der Waals surface area (Å²) in [5.41, 5.74) is 1.20. The van der Waals surface area contributed by atoms with Crippen molar-refractivity contribution in [2.75, 3.05) is 13.1 Å². The van der Waals surface area contributed by atoms with E-state index in [-0.39, 0.29) is 6.10 Å². The molecule has 1 fully saturated rings. The van der Waals surface area contributed by atoms with Crippen LogP contribution in [0.1, 0.15) is 26.2 Å². The molecule has 0 radical (unpaired) electrons. The highest BCUT2D eigenvalue weighted by molar-refractivity contribution is 4.88. The third-order valence-corrected chi connectivity index (χ3v) is 2.25. The molecular weight excluding hydrogens is 150 g/mol. The predicted molar refractivity (Wildman–Crippen MR) is 51.0 cm³/mol. The van der Waals surface area contributed by atoms with Crippen molar-refractivity contribution in [3.05, 3.63) is 12.2 Å². The predicted octanol–water partition coefficient (Wildman–Crippen LogP) is 1.31. The van der Waals surface area contributed by atoms with E-state index < -0.39 is 0 Å². The lowest BCUT2D eigenvalue weighted by Gasteiger charge is -2.09. The summed E-state index contributed by atoms with van der Waals surface area (Å²) in [6.07, 6.45) is 3.32. The molecule has 0 aromatic heterocycles. The number of aliphatic hydroxyl groups excluding tert-OH is 1. The molecule has 0 aromatic carbocycles. The van der Waals surface area contributed by atoms with Gasteiger partial charge in [-0.1, -0.05) is 5.57 Å². The summed E-state index contributed by atoms with van der Waals surface area (Å²) in [4.78, 5) is 0. The van der Waals surface area contributed by atoms with Gasteiger partial charge in [-0.3, -0.25) is 0 Å². The Morgan fingerprint density at radius 1 is 1.67 bits per heavy atom. The topological polar surface area (TPSA) is 32.3 Å². The van der Waals surface area contributed by atoms with Gasteiger partial charge >= 0.3 is 0 Å². The molecule has 1 atom stereocenters. The van der Waals surface area contributed by atoms with Crippen LogP contribution < -0.4 is 5.32 Å². The first-order chi connectivity index (χ1) is 5.70. The monoisotopic (exact) mass is 169 g/mol. The minimum atomic E-state index is -0.116. The molecular formula is C10H19NO. The van der Waals surface area contributed by atoms with E-state index in [4.69, 9.17) is 0 Å². The number of nitrogens with one attached hydrogen (secondary N) is 1. The van der Waals surface area contributed by atoms with Gasteiger partial charge in [0.2, 0.25) is 0 Å². The molecule has 1 unspecified atom stereocenters. The van der Waals surface area contributed by atoms with Crippen LogP contribution in [0, 0.1) is 5.92 Å². The maximum Gasteiger partial charge on any atom is 0.0692 e. The van der Waals surface area contributed by atoms with Gasteiger partial charge in [0, 0.05) is 6.54 Å². The zero-order valence-electron chi connectivity index (χ0n) is 7.84. The summed E-state index contributed by atoms with van der Waals surface area (Å²) in [6, 6.07) is 0.